The molecule has 6 nitrogen and oxygen atoms in total. The number of rotatable bonds is 7. The van der Waals surface area contributed by atoms with Crippen molar-refractivity contribution in [3.8, 4) is 11.1 Å². The van der Waals surface area contributed by atoms with Crippen molar-refractivity contribution in [1.29, 1.82) is 0 Å². The number of likely N-dealkylation sites (tertiary alicyclic amines) is 1. The Kier molecular flexibility index (Phi) is 8.17. The van der Waals surface area contributed by atoms with Gasteiger partial charge in [0.05, 0.1) is 18.1 Å². The van der Waals surface area contributed by atoms with Gasteiger partial charge in [-0.2, -0.15) is 0 Å². The molecule has 1 aliphatic rings. The predicted molar refractivity (Wildman–Crippen MR) is 156 cm³/mol. The first-order valence-corrected chi connectivity index (χ1v) is 13.6. The molecule has 1 aliphatic heterocycles. The third-order valence-corrected chi connectivity index (χ3v) is 7.57. The molecule has 1 fully saturated rings. The summed E-state index contributed by atoms with van der Waals surface area (Å²) >= 11 is 0. The maximum Gasteiger partial charge on any atom is 0.410 e. The molecule has 3 aromatic rings. The average molecular weight is 529 g/mol. The van der Waals surface area contributed by atoms with E-state index < -0.39 is 11.0 Å². The van der Waals surface area contributed by atoms with E-state index in [4.69, 9.17) is 4.74 Å². The molecular formula is C33H40N2O4. The molecule has 1 saturated heterocycles. The zero-order valence-electron chi connectivity index (χ0n) is 23.8. The molecule has 4 rings (SSSR count). The van der Waals surface area contributed by atoms with Crippen LogP contribution in [0.5, 0.6) is 0 Å². The first-order chi connectivity index (χ1) is 18.5. The highest BCUT2D eigenvalue weighted by atomic mass is 16.6. The van der Waals surface area contributed by atoms with Crippen LogP contribution < -0.4 is 4.90 Å². The van der Waals surface area contributed by atoms with Crippen LogP contribution in [0.25, 0.3) is 11.1 Å². The van der Waals surface area contributed by atoms with Crippen LogP contribution >= 0.6 is 0 Å². The van der Waals surface area contributed by atoms with Crippen molar-refractivity contribution in [1.82, 2.24) is 4.90 Å². The monoisotopic (exact) mass is 528 g/mol. The quantitative estimate of drug-likeness (QED) is 0.345. The van der Waals surface area contributed by atoms with Gasteiger partial charge in [0, 0.05) is 25.0 Å². The second-order valence-corrected chi connectivity index (χ2v) is 11.8. The zero-order chi connectivity index (χ0) is 28.4. The van der Waals surface area contributed by atoms with E-state index in [1.807, 2.05) is 82.4 Å². The second-order valence-electron chi connectivity index (χ2n) is 11.8. The molecule has 1 N–H and O–H groups in total. The minimum absolute atomic E-state index is 0.0149. The van der Waals surface area contributed by atoms with Crippen LogP contribution in [0.15, 0.2) is 72.8 Å². The number of carbonyl (C=O) groups is 2. The molecular weight excluding hydrogens is 488 g/mol. The molecule has 6 heteroatoms. The smallest absolute Gasteiger partial charge is 0.410 e. The Morgan fingerprint density at radius 2 is 1.77 bits per heavy atom. The zero-order valence-corrected chi connectivity index (χ0v) is 23.8. The van der Waals surface area contributed by atoms with Crippen LogP contribution in [0.4, 0.5) is 16.2 Å². The van der Waals surface area contributed by atoms with Crippen LogP contribution in [0, 0.1) is 5.92 Å². The number of nitrogens with zero attached hydrogens (tertiary/aromatic N) is 2. The van der Waals surface area contributed by atoms with E-state index in [9.17, 15) is 14.7 Å². The first kappa shape index (κ1) is 28.4. The van der Waals surface area contributed by atoms with E-state index in [2.05, 4.69) is 36.9 Å². The number of carbonyl (C=O) groups excluding carboxylic acids is 2. The average Bonchev–Trinajstić information content (AvgIpc) is 3.33. The van der Waals surface area contributed by atoms with Crippen molar-refractivity contribution < 1.29 is 19.4 Å². The van der Waals surface area contributed by atoms with Gasteiger partial charge in [0.1, 0.15) is 11.9 Å². The summed E-state index contributed by atoms with van der Waals surface area (Å²) in [7, 11) is 2.01. The molecule has 0 radical (unpaired) electrons. The van der Waals surface area contributed by atoms with Crippen LogP contribution in [-0.4, -0.2) is 47.6 Å². The minimum Gasteiger partial charge on any atom is -0.444 e. The van der Waals surface area contributed by atoms with Crippen LogP contribution in [0.3, 0.4) is 0 Å². The number of amides is 1. The van der Waals surface area contributed by atoms with Crippen molar-refractivity contribution in [3.63, 3.8) is 0 Å². The lowest BCUT2D eigenvalue weighted by molar-refractivity contribution is -0.113. The van der Waals surface area contributed by atoms with Crippen molar-refractivity contribution in [2.24, 2.45) is 5.92 Å². The van der Waals surface area contributed by atoms with Gasteiger partial charge in [0.25, 0.3) is 0 Å². The maximum atomic E-state index is 13.2. The predicted octanol–water partition coefficient (Wildman–Crippen LogP) is 6.72. The molecule has 0 saturated carbocycles. The topological polar surface area (TPSA) is 70.1 Å². The van der Waals surface area contributed by atoms with Gasteiger partial charge in [0.15, 0.2) is 0 Å². The Bertz CT molecular complexity index is 1310. The molecule has 0 aromatic heterocycles. The highest BCUT2D eigenvalue weighted by Gasteiger charge is 2.53. The highest BCUT2D eigenvalue weighted by molar-refractivity contribution is 5.82. The second kappa shape index (κ2) is 11.2. The summed E-state index contributed by atoms with van der Waals surface area (Å²) in [6.45, 7) is 10.2. The van der Waals surface area contributed by atoms with Gasteiger partial charge < -0.3 is 24.4 Å². The fraction of sp³-hybridized carbons (Fsp3) is 0.394. The van der Waals surface area contributed by atoms with Gasteiger partial charge in [0.2, 0.25) is 0 Å². The summed E-state index contributed by atoms with van der Waals surface area (Å²) in [5.74, 6) is 0.0359. The Labute approximate surface area is 232 Å². The van der Waals surface area contributed by atoms with Crippen LogP contribution in [-0.2, 0) is 21.6 Å². The normalized spacial score (nSPS) is 19.3. The van der Waals surface area contributed by atoms with Gasteiger partial charge >= 0.3 is 6.09 Å². The Morgan fingerprint density at radius 3 is 2.38 bits per heavy atom. The van der Waals surface area contributed by atoms with E-state index in [1.165, 1.54) is 0 Å². The molecule has 1 unspecified atom stereocenters. The van der Waals surface area contributed by atoms with Crippen molar-refractivity contribution in [3.05, 3.63) is 83.9 Å². The van der Waals surface area contributed by atoms with E-state index >= 15 is 0 Å². The molecule has 1 heterocycles. The van der Waals surface area contributed by atoms with Crippen molar-refractivity contribution >= 4 is 23.8 Å². The van der Waals surface area contributed by atoms with E-state index in [1.54, 1.807) is 4.90 Å². The lowest BCUT2D eigenvalue weighted by Crippen LogP contribution is -2.50. The van der Waals surface area contributed by atoms with Crippen LogP contribution in [0.1, 0.15) is 52.2 Å². The fourth-order valence-electron chi connectivity index (χ4n) is 5.83. The fourth-order valence-corrected chi connectivity index (χ4v) is 5.83. The van der Waals surface area contributed by atoms with Crippen molar-refractivity contribution in [2.75, 3.05) is 18.5 Å². The molecule has 2 atom stereocenters. The van der Waals surface area contributed by atoms with Gasteiger partial charge in [-0.3, -0.25) is 0 Å². The number of aliphatic hydroxyl groups is 1. The van der Waals surface area contributed by atoms with E-state index in [0.29, 0.717) is 13.0 Å². The largest absolute Gasteiger partial charge is 0.444 e. The van der Waals surface area contributed by atoms with E-state index in [0.717, 1.165) is 39.9 Å². The number of para-hydroxylation sites is 1. The lowest BCUT2D eigenvalue weighted by atomic mass is 9.71. The van der Waals surface area contributed by atoms with E-state index in [-0.39, 0.29) is 24.7 Å². The van der Waals surface area contributed by atoms with Crippen molar-refractivity contribution in [2.45, 2.75) is 64.7 Å². The summed E-state index contributed by atoms with van der Waals surface area (Å²) in [5.41, 5.74) is 4.32. The van der Waals surface area contributed by atoms with Gasteiger partial charge in [-0.15, -0.1) is 0 Å². The molecule has 3 aromatic carbocycles. The third-order valence-electron chi connectivity index (χ3n) is 7.57. The molecule has 1 amide bonds. The first-order valence-electron chi connectivity index (χ1n) is 13.6. The number of hydrogen-bond donors (Lipinski definition) is 1. The summed E-state index contributed by atoms with van der Waals surface area (Å²) in [4.78, 5) is 30.2. The van der Waals surface area contributed by atoms with Gasteiger partial charge in [-0.1, -0.05) is 68.4 Å². The Balaban J connectivity index is 1.74. The minimum atomic E-state index is -0.867. The van der Waals surface area contributed by atoms with Crippen LogP contribution in [0.2, 0.25) is 0 Å². The summed E-state index contributed by atoms with van der Waals surface area (Å²) in [5, 5.41) is 9.39. The number of anilines is 2. The van der Waals surface area contributed by atoms with Gasteiger partial charge in [-0.05, 0) is 73.6 Å². The maximum absolute atomic E-state index is 13.2. The number of ether oxygens (including phenoxy) is 1. The number of hydrogen-bond acceptors (Lipinski definition) is 5. The molecule has 206 valence electrons. The Morgan fingerprint density at radius 1 is 1.08 bits per heavy atom. The molecule has 0 spiro atoms. The molecule has 0 bridgehead atoms. The number of aliphatic hydroxyl groups excluding tert-OH is 1. The Hall–Kier alpha value is -3.64. The van der Waals surface area contributed by atoms with Gasteiger partial charge in [-0.25, -0.2) is 4.79 Å². The lowest BCUT2D eigenvalue weighted by Gasteiger charge is -2.39. The summed E-state index contributed by atoms with van der Waals surface area (Å²) in [6, 6.07) is 23.8. The highest BCUT2D eigenvalue weighted by Crippen LogP contribution is 2.46. The number of aldehydes is 1. The number of benzene rings is 3. The summed E-state index contributed by atoms with van der Waals surface area (Å²) < 4.78 is 5.74. The SMILES string of the molecule is CC(C)C1N(C(=O)OC(C)(C)C)CC[C@]1(C=O)c1ccccc1N(C)c1cccc(-c2ccc(CO)cc2)c1. The third kappa shape index (κ3) is 5.71. The molecule has 39 heavy (non-hydrogen) atoms. The summed E-state index contributed by atoms with van der Waals surface area (Å²) in [6.07, 6.45) is 1.20. The molecule has 0 aliphatic carbocycles. The standard InChI is InChI=1S/C33H40N2O4/c1-23(2)30-33(22-37,18-19-35(30)31(38)39-32(3,4)5)28-12-7-8-13-29(28)34(6)27-11-9-10-26(20-27)25-16-14-24(21-36)15-17-25/h7-17,20,22-23,30,36H,18-19,21H2,1-6H3/t30?,33-/m0/s1.